The van der Waals surface area contributed by atoms with Gasteiger partial charge in [0.25, 0.3) is 0 Å². The Labute approximate surface area is 130 Å². The molecule has 0 bridgehead atoms. The highest BCUT2D eigenvalue weighted by atomic mass is 16.1. The molecule has 2 nitrogen and oxygen atoms in total. The first kappa shape index (κ1) is 13.4. The topological polar surface area (TPSA) is 34.1 Å². The second kappa shape index (κ2) is 5.20. The van der Waals surface area contributed by atoms with Crippen molar-refractivity contribution in [3.63, 3.8) is 0 Å². The van der Waals surface area contributed by atoms with E-state index in [-0.39, 0.29) is 23.4 Å². The second-order valence-corrected chi connectivity index (χ2v) is 6.33. The van der Waals surface area contributed by atoms with Gasteiger partial charge in [-0.05, 0) is 36.8 Å². The summed E-state index contributed by atoms with van der Waals surface area (Å²) in [7, 11) is 0. The molecular formula is C20H18O2. The number of rotatable bonds is 1. The van der Waals surface area contributed by atoms with Crippen LogP contribution in [0.25, 0.3) is 0 Å². The minimum absolute atomic E-state index is 0.143. The van der Waals surface area contributed by atoms with Crippen molar-refractivity contribution in [1.29, 1.82) is 0 Å². The quantitative estimate of drug-likeness (QED) is 0.798. The fourth-order valence-corrected chi connectivity index (χ4v) is 4.01. The molecule has 0 N–H and O–H groups in total. The van der Waals surface area contributed by atoms with Crippen molar-refractivity contribution in [2.45, 2.75) is 25.7 Å². The van der Waals surface area contributed by atoms with Crippen molar-refractivity contribution >= 4 is 11.6 Å². The van der Waals surface area contributed by atoms with Crippen molar-refractivity contribution < 1.29 is 9.59 Å². The summed E-state index contributed by atoms with van der Waals surface area (Å²) in [6, 6.07) is 15.7. The second-order valence-electron chi connectivity index (χ2n) is 6.33. The molecular weight excluding hydrogens is 272 g/mol. The Kier molecular flexibility index (Phi) is 3.18. The standard InChI is InChI=1S/C20H18O2/c21-19-15-7-3-1-5-13(15)9-11-17(19)18-12-10-14-6-2-4-8-16(14)20(18)22/h1-8,17-18H,9-12H2. The Bertz CT molecular complexity index is 694. The minimum atomic E-state index is -0.143. The van der Waals surface area contributed by atoms with E-state index in [0.717, 1.165) is 47.9 Å². The molecule has 4 rings (SSSR count). The molecule has 0 aromatic heterocycles. The maximum Gasteiger partial charge on any atom is 0.166 e. The average molecular weight is 290 g/mol. The smallest absolute Gasteiger partial charge is 0.166 e. The van der Waals surface area contributed by atoms with Gasteiger partial charge in [-0.25, -0.2) is 0 Å². The van der Waals surface area contributed by atoms with Crippen LogP contribution in [0.15, 0.2) is 48.5 Å². The summed E-state index contributed by atoms with van der Waals surface area (Å²) in [6.07, 6.45) is 3.40. The van der Waals surface area contributed by atoms with E-state index in [0.29, 0.717) is 0 Å². The van der Waals surface area contributed by atoms with Gasteiger partial charge in [0.1, 0.15) is 0 Å². The molecule has 0 radical (unpaired) electrons. The molecule has 0 aliphatic heterocycles. The number of aryl methyl sites for hydroxylation is 2. The molecule has 110 valence electrons. The summed E-state index contributed by atoms with van der Waals surface area (Å²) in [4.78, 5) is 25.6. The number of hydrogen-bond donors (Lipinski definition) is 0. The van der Waals surface area contributed by atoms with E-state index in [4.69, 9.17) is 0 Å². The molecule has 0 saturated heterocycles. The minimum Gasteiger partial charge on any atom is -0.294 e. The zero-order chi connectivity index (χ0) is 15.1. The van der Waals surface area contributed by atoms with Gasteiger partial charge in [0.15, 0.2) is 11.6 Å². The van der Waals surface area contributed by atoms with Crippen LogP contribution < -0.4 is 0 Å². The summed E-state index contributed by atoms with van der Waals surface area (Å²) < 4.78 is 0. The average Bonchev–Trinajstić information content (AvgIpc) is 2.57. The van der Waals surface area contributed by atoms with E-state index in [9.17, 15) is 9.59 Å². The van der Waals surface area contributed by atoms with Crippen LogP contribution in [0.2, 0.25) is 0 Å². The lowest BCUT2D eigenvalue weighted by Gasteiger charge is -2.32. The zero-order valence-electron chi connectivity index (χ0n) is 12.4. The maximum atomic E-state index is 12.8. The highest BCUT2D eigenvalue weighted by molar-refractivity contribution is 6.07. The number of carbonyl (C=O) groups excluding carboxylic acids is 2. The molecule has 2 aromatic carbocycles. The first-order valence-corrected chi connectivity index (χ1v) is 8.00. The van der Waals surface area contributed by atoms with Crippen LogP contribution in [0.4, 0.5) is 0 Å². The Hall–Kier alpha value is -2.22. The number of ketones is 2. The van der Waals surface area contributed by atoms with Crippen molar-refractivity contribution in [2.24, 2.45) is 11.8 Å². The van der Waals surface area contributed by atoms with Gasteiger partial charge in [-0.1, -0.05) is 48.5 Å². The van der Waals surface area contributed by atoms with Gasteiger partial charge in [0, 0.05) is 23.0 Å². The van der Waals surface area contributed by atoms with Crippen LogP contribution in [0.1, 0.15) is 44.7 Å². The van der Waals surface area contributed by atoms with E-state index >= 15 is 0 Å². The molecule has 0 amide bonds. The van der Waals surface area contributed by atoms with Crippen molar-refractivity contribution in [3.8, 4) is 0 Å². The lowest BCUT2D eigenvalue weighted by atomic mass is 9.69. The van der Waals surface area contributed by atoms with Gasteiger partial charge < -0.3 is 0 Å². The lowest BCUT2D eigenvalue weighted by Crippen LogP contribution is -2.36. The fraction of sp³-hybridized carbons (Fsp3) is 0.300. The Morgan fingerprint density at radius 2 is 1.05 bits per heavy atom. The van der Waals surface area contributed by atoms with Gasteiger partial charge in [-0.15, -0.1) is 0 Å². The molecule has 2 aliphatic rings. The Morgan fingerprint density at radius 3 is 1.50 bits per heavy atom. The molecule has 0 fully saturated rings. The van der Waals surface area contributed by atoms with Crippen LogP contribution in [0, 0.1) is 11.8 Å². The van der Waals surface area contributed by atoms with Crippen LogP contribution in [-0.4, -0.2) is 11.6 Å². The van der Waals surface area contributed by atoms with Crippen LogP contribution in [-0.2, 0) is 12.8 Å². The summed E-state index contributed by atoms with van der Waals surface area (Å²) >= 11 is 0. The largest absolute Gasteiger partial charge is 0.294 e. The van der Waals surface area contributed by atoms with Gasteiger partial charge in [-0.2, -0.15) is 0 Å². The third-order valence-corrected chi connectivity index (χ3v) is 5.17. The number of fused-ring (bicyclic) bond motifs is 2. The molecule has 2 aliphatic carbocycles. The van der Waals surface area contributed by atoms with Crippen LogP contribution >= 0.6 is 0 Å². The van der Waals surface area contributed by atoms with E-state index < -0.39 is 0 Å². The maximum absolute atomic E-state index is 12.8. The molecule has 2 heteroatoms. The summed E-state index contributed by atoms with van der Waals surface area (Å²) in [6.45, 7) is 0. The molecule has 2 atom stereocenters. The molecule has 0 saturated carbocycles. The predicted molar refractivity (Wildman–Crippen MR) is 85.2 cm³/mol. The summed E-state index contributed by atoms with van der Waals surface area (Å²) in [5.74, 6) is 0.0469. The normalized spacial score (nSPS) is 23.8. The zero-order valence-corrected chi connectivity index (χ0v) is 12.4. The van der Waals surface area contributed by atoms with E-state index in [1.165, 1.54) is 0 Å². The van der Waals surface area contributed by atoms with E-state index in [1.807, 2.05) is 48.5 Å². The number of hydrogen-bond acceptors (Lipinski definition) is 2. The van der Waals surface area contributed by atoms with Crippen LogP contribution in [0.5, 0.6) is 0 Å². The Balaban J connectivity index is 1.67. The van der Waals surface area contributed by atoms with Gasteiger partial charge in [-0.3, -0.25) is 9.59 Å². The van der Waals surface area contributed by atoms with Crippen LogP contribution in [0.3, 0.4) is 0 Å². The number of Topliss-reactive ketones (excluding diaryl/α,β-unsaturated/α-hetero) is 2. The molecule has 0 heterocycles. The van der Waals surface area contributed by atoms with E-state index in [1.54, 1.807) is 0 Å². The SMILES string of the molecule is O=C1c2ccccc2CCC1C1CCc2ccccc2C1=O. The molecule has 22 heavy (non-hydrogen) atoms. The summed E-state index contributed by atoms with van der Waals surface area (Å²) in [5, 5.41) is 0. The third-order valence-electron chi connectivity index (χ3n) is 5.17. The number of carbonyl (C=O) groups is 2. The first-order chi connectivity index (χ1) is 10.8. The van der Waals surface area contributed by atoms with Gasteiger partial charge in [0.05, 0.1) is 0 Å². The highest BCUT2D eigenvalue weighted by Crippen LogP contribution is 2.37. The molecule has 2 unspecified atom stereocenters. The van der Waals surface area contributed by atoms with Crippen molar-refractivity contribution in [3.05, 3.63) is 70.8 Å². The van der Waals surface area contributed by atoms with E-state index in [2.05, 4.69) is 0 Å². The molecule has 0 spiro atoms. The van der Waals surface area contributed by atoms with Gasteiger partial charge in [0.2, 0.25) is 0 Å². The monoisotopic (exact) mass is 290 g/mol. The third kappa shape index (κ3) is 2.02. The lowest BCUT2D eigenvalue weighted by molar-refractivity contribution is 0.0726. The van der Waals surface area contributed by atoms with Gasteiger partial charge >= 0.3 is 0 Å². The fourth-order valence-electron chi connectivity index (χ4n) is 4.01. The summed E-state index contributed by atoms with van der Waals surface area (Å²) in [5.41, 5.74) is 3.91. The predicted octanol–water partition coefficient (Wildman–Crippen LogP) is 3.88. The van der Waals surface area contributed by atoms with Crippen molar-refractivity contribution in [2.75, 3.05) is 0 Å². The highest BCUT2D eigenvalue weighted by Gasteiger charge is 2.39. The number of benzene rings is 2. The van der Waals surface area contributed by atoms with Crippen molar-refractivity contribution in [1.82, 2.24) is 0 Å². The first-order valence-electron chi connectivity index (χ1n) is 8.00. The Morgan fingerprint density at radius 1 is 0.636 bits per heavy atom. The molecule has 2 aromatic rings.